The number of hydrogen-bond donors (Lipinski definition) is 1. The lowest BCUT2D eigenvalue weighted by Crippen LogP contribution is -2.46. The van der Waals surface area contributed by atoms with Crippen LogP contribution in [0.5, 0.6) is 5.75 Å². The van der Waals surface area contributed by atoms with Crippen molar-refractivity contribution in [1.82, 2.24) is 0 Å². The summed E-state index contributed by atoms with van der Waals surface area (Å²) in [5.74, 6) is 1.04. The van der Waals surface area contributed by atoms with Crippen LogP contribution in [0.15, 0.2) is 24.3 Å². The normalized spacial score (nSPS) is 14.3. The summed E-state index contributed by atoms with van der Waals surface area (Å²) in [7, 11) is 0. The van der Waals surface area contributed by atoms with Crippen molar-refractivity contribution in [3.8, 4) is 5.75 Å². The lowest BCUT2D eigenvalue weighted by atomic mass is 9.50. The standard InChI is InChI=1S/C27H48O/c1-9-10-11-12-19-27(25(3,4)5,26(6,7)8)20-13-14-22(2)21-23-15-17-24(28)18-16-23/h15-18,22,28H,9-14,19-21H2,1-8H3. The quantitative estimate of drug-likeness (QED) is 0.375. The van der Waals surface area contributed by atoms with Gasteiger partial charge in [-0.15, -0.1) is 0 Å². The Morgan fingerprint density at radius 2 is 1.32 bits per heavy atom. The molecule has 0 bridgehead atoms. The zero-order chi connectivity index (χ0) is 21.4. The maximum absolute atomic E-state index is 9.48. The van der Waals surface area contributed by atoms with Crippen molar-refractivity contribution in [1.29, 1.82) is 0 Å². The third-order valence-electron chi connectivity index (χ3n) is 7.15. The van der Waals surface area contributed by atoms with E-state index in [1.165, 1.54) is 56.9 Å². The Balaban J connectivity index is 2.75. The number of phenols is 1. The first kappa shape index (κ1) is 25.1. The summed E-state index contributed by atoms with van der Waals surface area (Å²) in [6.45, 7) is 19.5. The molecule has 0 aliphatic carbocycles. The molecule has 1 N–H and O–H groups in total. The van der Waals surface area contributed by atoms with Gasteiger partial charge in [0, 0.05) is 0 Å². The molecule has 0 radical (unpaired) electrons. The van der Waals surface area contributed by atoms with Gasteiger partial charge in [-0.2, -0.15) is 0 Å². The van der Waals surface area contributed by atoms with Crippen molar-refractivity contribution in [2.75, 3.05) is 0 Å². The first-order valence-corrected chi connectivity index (χ1v) is 11.7. The van der Waals surface area contributed by atoms with Crippen LogP contribution >= 0.6 is 0 Å². The molecule has 1 unspecified atom stereocenters. The molecule has 0 saturated carbocycles. The third-order valence-corrected chi connectivity index (χ3v) is 7.15. The van der Waals surface area contributed by atoms with E-state index in [1.807, 2.05) is 12.1 Å². The molecule has 1 aromatic carbocycles. The number of aromatic hydroxyl groups is 1. The first-order chi connectivity index (χ1) is 12.9. The summed E-state index contributed by atoms with van der Waals surface area (Å²) in [6, 6.07) is 7.74. The second kappa shape index (κ2) is 10.7. The highest BCUT2D eigenvalue weighted by molar-refractivity contribution is 5.26. The summed E-state index contributed by atoms with van der Waals surface area (Å²) < 4.78 is 0. The van der Waals surface area contributed by atoms with Gasteiger partial charge in [-0.25, -0.2) is 0 Å². The number of rotatable bonds is 11. The van der Waals surface area contributed by atoms with Gasteiger partial charge in [-0.3, -0.25) is 0 Å². The minimum atomic E-state index is 0.317. The molecular weight excluding hydrogens is 340 g/mol. The molecule has 0 aliphatic rings. The van der Waals surface area contributed by atoms with Gasteiger partial charge in [0.05, 0.1) is 0 Å². The van der Waals surface area contributed by atoms with Gasteiger partial charge in [0.2, 0.25) is 0 Å². The molecule has 1 aromatic rings. The fourth-order valence-corrected chi connectivity index (χ4v) is 5.49. The minimum Gasteiger partial charge on any atom is -0.508 e. The van der Waals surface area contributed by atoms with Crippen molar-refractivity contribution in [2.45, 2.75) is 113 Å². The van der Waals surface area contributed by atoms with Gasteiger partial charge < -0.3 is 5.11 Å². The molecule has 0 aromatic heterocycles. The molecule has 28 heavy (non-hydrogen) atoms. The van der Waals surface area contributed by atoms with Crippen LogP contribution in [0.25, 0.3) is 0 Å². The Hall–Kier alpha value is -0.980. The highest BCUT2D eigenvalue weighted by Crippen LogP contribution is 2.58. The summed E-state index contributed by atoms with van der Waals surface area (Å²) >= 11 is 0. The number of benzene rings is 1. The third kappa shape index (κ3) is 7.12. The maximum Gasteiger partial charge on any atom is 0.115 e. The molecule has 0 aliphatic heterocycles. The fourth-order valence-electron chi connectivity index (χ4n) is 5.49. The second-order valence-electron chi connectivity index (χ2n) is 11.3. The summed E-state index contributed by atoms with van der Waals surface area (Å²) in [6.07, 6.45) is 11.8. The van der Waals surface area contributed by atoms with E-state index in [2.05, 4.69) is 67.5 Å². The first-order valence-electron chi connectivity index (χ1n) is 11.7. The van der Waals surface area contributed by atoms with Gasteiger partial charge in [-0.1, -0.05) is 106 Å². The van der Waals surface area contributed by atoms with Gasteiger partial charge in [0.15, 0.2) is 0 Å². The van der Waals surface area contributed by atoms with Crippen molar-refractivity contribution in [2.24, 2.45) is 22.2 Å². The lowest BCUT2D eigenvalue weighted by Gasteiger charge is -2.55. The SMILES string of the molecule is CCCCCCC(CCCC(C)Cc1ccc(O)cc1)(C(C)(C)C)C(C)(C)C. The maximum atomic E-state index is 9.48. The molecule has 0 fully saturated rings. The van der Waals surface area contributed by atoms with Crippen LogP contribution < -0.4 is 0 Å². The predicted molar refractivity (Wildman–Crippen MR) is 125 cm³/mol. The van der Waals surface area contributed by atoms with Gasteiger partial charge in [0.1, 0.15) is 5.75 Å². The van der Waals surface area contributed by atoms with Crippen molar-refractivity contribution >= 4 is 0 Å². The molecule has 162 valence electrons. The average Bonchev–Trinajstić information content (AvgIpc) is 2.57. The topological polar surface area (TPSA) is 20.2 Å². The zero-order valence-corrected chi connectivity index (χ0v) is 20.2. The Labute approximate surface area is 176 Å². The zero-order valence-electron chi connectivity index (χ0n) is 20.2. The van der Waals surface area contributed by atoms with E-state index < -0.39 is 0 Å². The Bertz CT molecular complexity index is 527. The second-order valence-corrected chi connectivity index (χ2v) is 11.3. The number of unbranched alkanes of at least 4 members (excludes halogenated alkanes) is 3. The van der Waals surface area contributed by atoms with Crippen LogP contribution in [-0.4, -0.2) is 5.11 Å². The highest BCUT2D eigenvalue weighted by atomic mass is 16.3. The van der Waals surface area contributed by atoms with Gasteiger partial charge in [0.25, 0.3) is 0 Å². The van der Waals surface area contributed by atoms with Crippen molar-refractivity contribution < 1.29 is 5.11 Å². The highest BCUT2D eigenvalue weighted by Gasteiger charge is 2.48. The van der Waals surface area contributed by atoms with E-state index in [9.17, 15) is 5.11 Å². The molecule has 1 atom stereocenters. The Kier molecular flexibility index (Phi) is 9.57. The summed E-state index contributed by atoms with van der Waals surface area (Å²) in [4.78, 5) is 0. The predicted octanol–water partition coefficient (Wildman–Crippen LogP) is 8.79. The largest absolute Gasteiger partial charge is 0.508 e. The summed E-state index contributed by atoms with van der Waals surface area (Å²) in [5.41, 5.74) is 2.35. The fraction of sp³-hybridized carbons (Fsp3) is 0.778. The van der Waals surface area contributed by atoms with Crippen molar-refractivity contribution in [3.63, 3.8) is 0 Å². The molecule has 0 saturated heterocycles. The van der Waals surface area contributed by atoms with Crippen LogP contribution in [0.2, 0.25) is 0 Å². The van der Waals surface area contributed by atoms with Crippen LogP contribution in [0.3, 0.4) is 0 Å². The molecule has 0 amide bonds. The van der Waals surface area contributed by atoms with Gasteiger partial charge in [-0.05, 0) is 59.1 Å². The molecule has 1 rings (SSSR count). The molecule has 1 nitrogen and oxygen atoms in total. The lowest BCUT2D eigenvalue weighted by molar-refractivity contribution is -0.0526. The van der Waals surface area contributed by atoms with E-state index in [0.29, 0.717) is 27.9 Å². The van der Waals surface area contributed by atoms with Gasteiger partial charge >= 0.3 is 0 Å². The van der Waals surface area contributed by atoms with Crippen LogP contribution in [-0.2, 0) is 6.42 Å². The molecule has 1 heteroatoms. The number of phenolic OH excluding ortho intramolecular Hbond substituents is 1. The Morgan fingerprint density at radius 1 is 0.786 bits per heavy atom. The van der Waals surface area contributed by atoms with Crippen LogP contribution in [0.4, 0.5) is 0 Å². The van der Waals surface area contributed by atoms with Crippen molar-refractivity contribution in [3.05, 3.63) is 29.8 Å². The van der Waals surface area contributed by atoms with E-state index >= 15 is 0 Å². The van der Waals surface area contributed by atoms with E-state index in [-0.39, 0.29) is 0 Å². The van der Waals surface area contributed by atoms with E-state index in [4.69, 9.17) is 0 Å². The monoisotopic (exact) mass is 388 g/mol. The average molecular weight is 389 g/mol. The molecule has 0 heterocycles. The van der Waals surface area contributed by atoms with Crippen LogP contribution in [0, 0.1) is 22.2 Å². The Morgan fingerprint density at radius 3 is 1.82 bits per heavy atom. The van der Waals surface area contributed by atoms with E-state index in [1.54, 1.807) is 0 Å². The minimum absolute atomic E-state index is 0.317. The van der Waals surface area contributed by atoms with E-state index in [0.717, 1.165) is 6.42 Å². The molecule has 0 spiro atoms. The molecular formula is C27H48O. The smallest absolute Gasteiger partial charge is 0.115 e. The summed E-state index contributed by atoms with van der Waals surface area (Å²) in [5, 5.41) is 9.48. The van der Waals surface area contributed by atoms with Crippen LogP contribution in [0.1, 0.15) is 112 Å². The number of hydrogen-bond acceptors (Lipinski definition) is 1.